The van der Waals surface area contributed by atoms with E-state index in [1.165, 1.54) is 30.4 Å². The van der Waals surface area contributed by atoms with Crippen LogP contribution in [0.25, 0.3) is 0 Å². The third-order valence-corrected chi connectivity index (χ3v) is 23.4. The second kappa shape index (κ2) is 42.6. The molecule has 33 unspecified atom stereocenters. The number of aliphatic hydroxyl groups is 15. The highest BCUT2D eigenvalue weighted by Gasteiger charge is 2.52. The molecule has 1 aromatic carbocycles. The van der Waals surface area contributed by atoms with Crippen molar-refractivity contribution in [2.45, 2.75) is 376 Å². The maximum Gasteiger partial charge on any atom is 0.330 e. The second-order valence-electron chi connectivity index (χ2n) is 33.2. The molecule has 0 aromatic heterocycles. The van der Waals surface area contributed by atoms with Gasteiger partial charge in [-0.3, -0.25) is 19.2 Å². The Hall–Kier alpha value is -4.49. The minimum absolute atomic E-state index is 0.0583. The Morgan fingerprint density at radius 2 is 1.24 bits per heavy atom. The van der Waals surface area contributed by atoms with E-state index in [9.17, 15) is 101 Å². The molecule has 0 saturated carbocycles. The number of ketones is 3. The van der Waals surface area contributed by atoms with Gasteiger partial charge in [0.15, 0.2) is 36.5 Å². The molecule has 111 heavy (non-hydrogen) atoms. The lowest BCUT2D eigenvalue weighted by atomic mass is 9.78. The fourth-order valence-corrected chi connectivity index (χ4v) is 16.5. The molecule has 2 bridgehead atoms. The third-order valence-electron chi connectivity index (χ3n) is 23.4. The summed E-state index contributed by atoms with van der Waals surface area (Å²) in [5.41, 5.74) is -0.593. The van der Waals surface area contributed by atoms with E-state index in [1.807, 2.05) is 6.92 Å². The van der Waals surface area contributed by atoms with Gasteiger partial charge >= 0.3 is 11.9 Å². The van der Waals surface area contributed by atoms with Gasteiger partial charge in [0.2, 0.25) is 11.6 Å². The van der Waals surface area contributed by atoms with Gasteiger partial charge in [0.25, 0.3) is 0 Å². The molecule has 1 aliphatic carbocycles. The number of ether oxygens (including phenoxy) is 9. The molecule has 5 heterocycles. The van der Waals surface area contributed by atoms with Crippen LogP contribution in [0.5, 0.6) is 0 Å². The Labute approximate surface area is 652 Å². The smallest absolute Gasteiger partial charge is 0.330 e. The van der Waals surface area contributed by atoms with Crippen molar-refractivity contribution in [1.82, 2.24) is 0 Å². The van der Waals surface area contributed by atoms with Gasteiger partial charge in [-0.1, -0.05) is 65.8 Å². The van der Waals surface area contributed by atoms with E-state index in [0.717, 1.165) is 6.08 Å². The average Bonchev–Trinajstić information content (AvgIpc) is 0.800. The molecule has 29 heteroatoms. The molecule has 29 nitrogen and oxygen atoms in total. The van der Waals surface area contributed by atoms with E-state index in [2.05, 4.69) is 0 Å². The van der Waals surface area contributed by atoms with Crippen LogP contribution in [-0.4, -0.2) is 264 Å². The Kier molecular flexibility index (Phi) is 35.9. The van der Waals surface area contributed by atoms with Gasteiger partial charge in [0.1, 0.15) is 18.3 Å². The Morgan fingerprint density at radius 1 is 0.622 bits per heavy atom. The van der Waals surface area contributed by atoms with Crippen molar-refractivity contribution < 1.29 is 143 Å². The molecule has 6 aliphatic rings. The Balaban J connectivity index is 0.951. The standard InChI is InChI=1S/C82H130O29/c1-13-66(106-70-40-81(12,101)79(50(11)105-70)109-69-38-65(93)77(49(10)104-69)110-80(100)47(8)76(108-68-30-29-63(91)48(9)103-68)51-25-28-61-62(32-51)64(92)31-43(4)71(61)95)44(5)73(97)45(6)74(98)46(7)75-42(3)24-27-53(84)18-15-20-56(87)34-57(88)35-58(89)36-60-37-59(90)39-82(102,111-60)78(99)72(96)41(2)23-26-52(83)17-14-19-54(85)33-55(86)21-16-22-67(94)107-75/h16,22,24-25,27-28,31-32,41-42,44-50,52-60,63,65-66,68-70,72-77,79,83-91,93,96-98,101-102H,13-15,17-21,23,26,29-30,33-40H2,1-12H3. The van der Waals surface area contributed by atoms with Crippen LogP contribution in [0.4, 0.5) is 0 Å². The summed E-state index contributed by atoms with van der Waals surface area (Å²) in [6.07, 6.45) is -18.7. The fraction of sp³-hybridized carbons (Fsp3) is 0.793. The molecule has 1 aromatic rings. The highest BCUT2D eigenvalue weighted by molar-refractivity contribution is 6.24. The summed E-state index contributed by atoms with van der Waals surface area (Å²) in [4.78, 5) is 67.6. The summed E-state index contributed by atoms with van der Waals surface area (Å²) >= 11 is 0. The predicted molar refractivity (Wildman–Crippen MR) is 400 cm³/mol. The first kappa shape index (κ1) is 93.7. The number of rotatable bonds is 17. The van der Waals surface area contributed by atoms with Crippen LogP contribution in [0.3, 0.4) is 0 Å². The molecular formula is C82H130O29. The number of fused-ring (bicyclic) bond motifs is 3. The topological polar surface area (TPSA) is 472 Å². The van der Waals surface area contributed by atoms with Gasteiger partial charge in [0, 0.05) is 72.1 Å². The van der Waals surface area contributed by atoms with Crippen molar-refractivity contribution in [3.8, 4) is 0 Å². The average molecular weight is 1580 g/mol. The highest BCUT2D eigenvalue weighted by atomic mass is 16.7. The summed E-state index contributed by atoms with van der Waals surface area (Å²) in [6.45, 7) is 19.8. The number of hydrogen-bond acceptors (Lipinski definition) is 29. The summed E-state index contributed by atoms with van der Waals surface area (Å²) < 4.78 is 55.7. The van der Waals surface area contributed by atoms with Crippen LogP contribution >= 0.6 is 0 Å². The van der Waals surface area contributed by atoms with Gasteiger partial charge in [-0.05, 0) is 174 Å². The van der Waals surface area contributed by atoms with Crippen LogP contribution in [0.15, 0.2) is 54.2 Å². The number of benzene rings is 1. The van der Waals surface area contributed by atoms with E-state index in [4.69, 9.17) is 42.6 Å². The third kappa shape index (κ3) is 26.5. The summed E-state index contributed by atoms with van der Waals surface area (Å²) in [7, 11) is 0. The SMILES string of the molecule is CCC(OC1CC(C)(O)C(OC2CC(O)C(OC(=O)C(C)C(OC3CCC(O)C(C)O3)c3ccc4c(c3)C(=O)C=C(C)C4=O)C(C)O2)C(C)O1)C(C)C(O)C(C)C(O)C(C)C1OC(=O)C=CCC(O)CC(O)CCCC(O)CCC(C)C(O)C(=O)C2(O)CC(O)CC(CC(O)CC(O)CC(O)CCCC(O)C=CC1C)O2. The van der Waals surface area contributed by atoms with Crippen molar-refractivity contribution in [3.05, 3.63) is 70.8 Å². The van der Waals surface area contributed by atoms with E-state index in [-0.39, 0.29) is 119 Å². The zero-order chi connectivity index (χ0) is 82.3. The van der Waals surface area contributed by atoms with Crippen LogP contribution in [0, 0.1) is 35.5 Å². The van der Waals surface area contributed by atoms with Crippen LogP contribution in [0.1, 0.15) is 244 Å². The number of Topliss-reactive ketones (excluding diaryl/α,β-unsaturated/α-hetero) is 2. The molecule has 0 amide bonds. The molecule has 7 rings (SSSR count). The normalized spacial score (nSPS) is 39.4. The Bertz CT molecular complexity index is 3200. The van der Waals surface area contributed by atoms with Gasteiger partial charge in [-0.15, -0.1) is 0 Å². The number of aliphatic hydroxyl groups excluding tert-OH is 13. The monoisotopic (exact) mass is 1580 g/mol. The minimum atomic E-state index is -2.58. The van der Waals surface area contributed by atoms with Gasteiger partial charge in [-0.2, -0.15) is 0 Å². The number of carbonyl (C=O) groups is 5. The van der Waals surface area contributed by atoms with Crippen molar-refractivity contribution in [2.24, 2.45) is 35.5 Å². The summed E-state index contributed by atoms with van der Waals surface area (Å²) in [6, 6.07) is 4.63. The lowest BCUT2D eigenvalue weighted by molar-refractivity contribution is -0.336. The number of carbonyl (C=O) groups excluding carboxylic acids is 5. The molecule has 0 spiro atoms. The highest BCUT2D eigenvalue weighted by Crippen LogP contribution is 2.41. The predicted octanol–water partition coefficient (Wildman–Crippen LogP) is 4.76. The second-order valence-corrected chi connectivity index (χ2v) is 33.2. The quantitative estimate of drug-likeness (QED) is 0.0738. The first-order valence-electron chi connectivity index (χ1n) is 40.2. The first-order chi connectivity index (χ1) is 52.1. The minimum Gasteiger partial charge on any atom is -0.458 e. The van der Waals surface area contributed by atoms with Crippen molar-refractivity contribution in [1.29, 1.82) is 0 Å². The van der Waals surface area contributed by atoms with Crippen molar-refractivity contribution in [3.63, 3.8) is 0 Å². The molecule has 5 aliphatic heterocycles. The molecule has 0 radical (unpaired) electrons. The zero-order valence-electron chi connectivity index (χ0n) is 66.6. The van der Waals surface area contributed by atoms with Crippen LogP contribution < -0.4 is 0 Å². The summed E-state index contributed by atoms with van der Waals surface area (Å²) in [5, 5.41) is 168. The largest absolute Gasteiger partial charge is 0.458 e. The van der Waals surface area contributed by atoms with E-state index >= 15 is 0 Å². The van der Waals surface area contributed by atoms with Gasteiger partial charge in [0.05, 0.1) is 121 Å². The fourth-order valence-electron chi connectivity index (χ4n) is 16.5. The lowest BCUT2D eigenvalue weighted by Gasteiger charge is -2.47. The maximum absolute atomic E-state index is 14.2. The Morgan fingerprint density at radius 3 is 1.90 bits per heavy atom. The molecular weight excluding hydrogens is 1450 g/mol. The van der Waals surface area contributed by atoms with E-state index in [1.54, 1.807) is 88.3 Å². The first-order valence-corrected chi connectivity index (χ1v) is 40.2. The summed E-state index contributed by atoms with van der Waals surface area (Å²) in [5.74, 6) is -10.9. The molecule has 33 atom stereocenters. The molecule has 15 N–H and O–H groups in total. The number of allylic oxidation sites excluding steroid dienone is 2. The maximum atomic E-state index is 14.2. The van der Waals surface area contributed by atoms with Crippen molar-refractivity contribution >= 4 is 29.3 Å². The number of cyclic esters (lactones) is 1. The van der Waals surface area contributed by atoms with Gasteiger partial charge < -0.3 is 119 Å². The van der Waals surface area contributed by atoms with Crippen LogP contribution in [0.2, 0.25) is 0 Å². The van der Waals surface area contributed by atoms with E-state index < -0.39 is 224 Å². The molecule has 632 valence electrons. The number of esters is 2. The lowest BCUT2D eigenvalue weighted by Crippen LogP contribution is -2.59. The van der Waals surface area contributed by atoms with E-state index in [0.29, 0.717) is 36.8 Å². The molecule has 4 fully saturated rings. The molecule has 4 saturated heterocycles. The van der Waals surface area contributed by atoms with Crippen LogP contribution in [-0.2, 0) is 57.0 Å². The number of hydrogen-bond donors (Lipinski definition) is 15. The van der Waals surface area contributed by atoms with Crippen molar-refractivity contribution in [2.75, 3.05) is 0 Å². The van der Waals surface area contributed by atoms with Gasteiger partial charge in [-0.25, -0.2) is 4.79 Å². The zero-order valence-corrected chi connectivity index (χ0v) is 66.6.